The Labute approximate surface area is 122 Å². The van der Waals surface area contributed by atoms with Gasteiger partial charge in [-0.1, -0.05) is 18.9 Å². The number of hydrogen-bond donors (Lipinski definition) is 0. The van der Waals surface area contributed by atoms with Crippen LogP contribution in [0.1, 0.15) is 58.9 Å². The Kier molecular flexibility index (Phi) is 3.41. The van der Waals surface area contributed by atoms with E-state index in [4.69, 9.17) is 11.6 Å². The van der Waals surface area contributed by atoms with E-state index in [0.29, 0.717) is 0 Å². The summed E-state index contributed by atoms with van der Waals surface area (Å²) in [5.74, 6) is 2.61. The van der Waals surface area contributed by atoms with Crippen LogP contribution in [0, 0.1) is 45.4 Å². The highest BCUT2D eigenvalue weighted by Gasteiger charge is 2.54. The molecule has 0 heterocycles. The van der Waals surface area contributed by atoms with Crippen LogP contribution in [-0.2, 0) is 0 Å². The van der Waals surface area contributed by atoms with Crippen molar-refractivity contribution in [2.75, 3.05) is 0 Å². The van der Waals surface area contributed by atoms with Gasteiger partial charge in [0, 0.05) is 0 Å². The van der Waals surface area contributed by atoms with E-state index in [9.17, 15) is 0 Å². The van der Waals surface area contributed by atoms with Crippen LogP contribution in [0.2, 0.25) is 0 Å². The number of aryl methyl sites for hydroxylation is 2. The van der Waals surface area contributed by atoms with Crippen molar-refractivity contribution in [1.29, 1.82) is 0 Å². The third-order valence-electron chi connectivity index (χ3n) is 5.76. The van der Waals surface area contributed by atoms with E-state index in [1.165, 1.54) is 53.5 Å². The molecule has 0 aliphatic heterocycles. The second-order valence-corrected chi connectivity index (χ2v) is 7.24. The van der Waals surface area contributed by atoms with Gasteiger partial charge < -0.3 is 0 Å². The minimum absolute atomic E-state index is 0.242. The quantitative estimate of drug-likeness (QED) is 0.614. The normalized spacial score (nSPS) is 30.9. The molecule has 0 bridgehead atoms. The van der Waals surface area contributed by atoms with Gasteiger partial charge in [0.2, 0.25) is 0 Å². The predicted octanol–water partition coefficient (Wildman–Crippen LogP) is 5.64. The summed E-state index contributed by atoms with van der Waals surface area (Å²) < 4.78 is 0. The standard InChI is InChI=1S/C18H25Cl/c1-10-9-11(2)13(4)16(12(10)3)18(19)17-14-7-5-6-8-15(14)17/h9,14-15,17-18H,5-8H2,1-4H3. The smallest absolute Gasteiger partial charge is 0.0624 e. The van der Waals surface area contributed by atoms with E-state index >= 15 is 0 Å². The zero-order valence-corrected chi connectivity index (χ0v) is 13.3. The fourth-order valence-corrected chi connectivity index (χ4v) is 5.04. The summed E-state index contributed by atoms with van der Waals surface area (Å²) in [5, 5.41) is 0.242. The third-order valence-corrected chi connectivity index (χ3v) is 6.27. The molecule has 2 fully saturated rings. The molecule has 19 heavy (non-hydrogen) atoms. The van der Waals surface area contributed by atoms with Crippen LogP contribution in [0.15, 0.2) is 6.07 Å². The Hall–Kier alpha value is -0.490. The lowest BCUT2D eigenvalue weighted by molar-refractivity contribution is 0.480. The molecular formula is C18H25Cl. The average molecular weight is 277 g/mol. The topological polar surface area (TPSA) is 0 Å². The van der Waals surface area contributed by atoms with Gasteiger partial charge in [-0.2, -0.15) is 0 Å². The molecular weight excluding hydrogens is 252 g/mol. The molecule has 3 atom stereocenters. The average Bonchev–Trinajstić information content (AvgIpc) is 3.11. The van der Waals surface area contributed by atoms with Gasteiger partial charge in [-0.05, 0) is 86.1 Å². The summed E-state index contributed by atoms with van der Waals surface area (Å²) in [4.78, 5) is 0. The Bertz CT molecular complexity index is 465. The maximum atomic E-state index is 6.93. The molecule has 2 saturated carbocycles. The van der Waals surface area contributed by atoms with E-state index in [0.717, 1.165) is 17.8 Å². The number of rotatable bonds is 2. The summed E-state index contributed by atoms with van der Waals surface area (Å²) in [6.07, 6.45) is 5.68. The van der Waals surface area contributed by atoms with Crippen molar-refractivity contribution in [3.8, 4) is 0 Å². The molecule has 3 unspecified atom stereocenters. The van der Waals surface area contributed by atoms with Crippen molar-refractivity contribution in [3.63, 3.8) is 0 Å². The summed E-state index contributed by atoms with van der Waals surface area (Å²) in [5.41, 5.74) is 7.08. The van der Waals surface area contributed by atoms with Gasteiger partial charge in [-0.3, -0.25) is 0 Å². The Morgan fingerprint density at radius 1 is 0.947 bits per heavy atom. The Morgan fingerprint density at radius 3 is 1.89 bits per heavy atom. The third kappa shape index (κ3) is 2.13. The van der Waals surface area contributed by atoms with Crippen LogP contribution in [0.4, 0.5) is 0 Å². The lowest BCUT2D eigenvalue weighted by Crippen LogP contribution is -2.05. The molecule has 1 aromatic rings. The molecule has 104 valence electrons. The van der Waals surface area contributed by atoms with Crippen LogP contribution in [0.25, 0.3) is 0 Å². The molecule has 0 spiro atoms. The second kappa shape index (κ2) is 4.81. The highest BCUT2D eigenvalue weighted by atomic mass is 35.5. The largest absolute Gasteiger partial charge is 0.117 e. The van der Waals surface area contributed by atoms with E-state index < -0.39 is 0 Å². The van der Waals surface area contributed by atoms with Crippen molar-refractivity contribution in [1.82, 2.24) is 0 Å². The number of benzene rings is 1. The lowest BCUT2D eigenvalue weighted by atomic mass is 9.90. The van der Waals surface area contributed by atoms with E-state index in [1.807, 2.05) is 0 Å². The zero-order chi connectivity index (χ0) is 13.7. The molecule has 0 aromatic heterocycles. The van der Waals surface area contributed by atoms with Crippen LogP contribution in [0.3, 0.4) is 0 Å². The first-order valence-corrected chi connectivity index (χ1v) is 8.17. The van der Waals surface area contributed by atoms with Gasteiger partial charge in [-0.25, -0.2) is 0 Å². The molecule has 0 saturated heterocycles. The molecule has 1 aromatic carbocycles. The maximum absolute atomic E-state index is 6.93. The first-order chi connectivity index (χ1) is 9.02. The van der Waals surface area contributed by atoms with Crippen molar-refractivity contribution < 1.29 is 0 Å². The maximum Gasteiger partial charge on any atom is 0.0624 e. The van der Waals surface area contributed by atoms with Crippen molar-refractivity contribution in [2.45, 2.75) is 58.8 Å². The van der Waals surface area contributed by atoms with Gasteiger partial charge in [0.25, 0.3) is 0 Å². The predicted molar refractivity (Wildman–Crippen MR) is 82.9 cm³/mol. The molecule has 0 radical (unpaired) electrons. The molecule has 3 rings (SSSR count). The fourth-order valence-electron chi connectivity index (χ4n) is 4.34. The zero-order valence-electron chi connectivity index (χ0n) is 12.6. The van der Waals surface area contributed by atoms with E-state index in [-0.39, 0.29) is 5.38 Å². The Balaban J connectivity index is 1.94. The van der Waals surface area contributed by atoms with Crippen molar-refractivity contribution >= 4 is 11.6 Å². The van der Waals surface area contributed by atoms with Gasteiger partial charge >= 0.3 is 0 Å². The minimum atomic E-state index is 0.242. The van der Waals surface area contributed by atoms with Gasteiger partial charge in [-0.15, -0.1) is 11.6 Å². The molecule has 0 N–H and O–H groups in total. The molecule has 0 nitrogen and oxygen atoms in total. The van der Waals surface area contributed by atoms with Gasteiger partial charge in [0.1, 0.15) is 0 Å². The first-order valence-electron chi connectivity index (χ1n) is 7.73. The highest BCUT2D eigenvalue weighted by Crippen LogP contribution is 2.62. The van der Waals surface area contributed by atoms with Gasteiger partial charge in [0.15, 0.2) is 0 Å². The summed E-state index contributed by atoms with van der Waals surface area (Å²) >= 11 is 6.93. The molecule has 0 amide bonds. The van der Waals surface area contributed by atoms with Crippen molar-refractivity contribution in [3.05, 3.63) is 33.9 Å². The van der Waals surface area contributed by atoms with E-state index in [1.54, 1.807) is 0 Å². The van der Waals surface area contributed by atoms with Gasteiger partial charge in [0.05, 0.1) is 5.38 Å². The monoisotopic (exact) mass is 276 g/mol. The summed E-state index contributed by atoms with van der Waals surface area (Å²) in [6.45, 7) is 8.93. The summed E-state index contributed by atoms with van der Waals surface area (Å²) in [6, 6.07) is 2.30. The molecule has 2 aliphatic rings. The number of alkyl halides is 1. The van der Waals surface area contributed by atoms with Crippen LogP contribution >= 0.6 is 11.6 Å². The minimum Gasteiger partial charge on any atom is -0.117 e. The van der Waals surface area contributed by atoms with E-state index in [2.05, 4.69) is 33.8 Å². The van der Waals surface area contributed by atoms with Crippen LogP contribution < -0.4 is 0 Å². The lowest BCUT2D eigenvalue weighted by Gasteiger charge is -2.20. The van der Waals surface area contributed by atoms with Crippen molar-refractivity contribution in [2.24, 2.45) is 17.8 Å². The second-order valence-electron chi connectivity index (χ2n) is 6.77. The number of hydrogen-bond acceptors (Lipinski definition) is 0. The van der Waals surface area contributed by atoms with Crippen LogP contribution in [0.5, 0.6) is 0 Å². The Morgan fingerprint density at radius 2 is 1.42 bits per heavy atom. The first kappa shape index (κ1) is 13.5. The molecule has 1 heteroatoms. The summed E-state index contributed by atoms with van der Waals surface area (Å²) in [7, 11) is 0. The number of fused-ring (bicyclic) bond motifs is 1. The highest BCUT2D eigenvalue weighted by molar-refractivity contribution is 6.21. The molecule has 2 aliphatic carbocycles. The van der Waals surface area contributed by atoms with Crippen LogP contribution in [-0.4, -0.2) is 0 Å². The fraction of sp³-hybridized carbons (Fsp3) is 0.667. The number of halogens is 1. The SMILES string of the molecule is Cc1cc(C)c(C)c(C(Cl)C2C3CCCCC32)c1C.